The predicted octanol–water partition coefficient (Wildman–Crippen LogP) is 5.38. The number of nitrogens with zero attached hydrogens (tertiary/aromatic N) is 4. The summed E-state index contributed by atoms with van der Waals surface area (Å²) in [6, 6.07) is 11.1. The Bertz CT molecular complexity index is 1330. The lowest BCUT2D eigenvalue weighted by Crippen LogP contribution is -2.28. The molecule has 0 bridgehead atoms. The number of rotatable bonds is 6. The van der Waals surface area contributed by atoms with Crippen LogP contribution in [0.15, 0.2) is 63.5 Å². The summed E-state index contributed by atoms with van der Waals surface area (Å²) >= 11 is 3.07. The summed E-state index contributed by atoms with van der Waals surface area (Å²) in [5.41, 5.74) is 2.96. The minimum absolute atomic E-state index is 0.0960. The number of benzene rings is 1. The average Bonchev–Trinajstić information content (AvgIpc) is 3.57. The van der Waals surface area contributed by atoms with Gasteiger partial charge in [-0.1, -0.05) is 11.8 Å². The second kappa shape index (κ2) is 8.99. The summed E-state index contributed by atoms with van der Waals surface area (Å²) in [6.45, 7) is 4.15. The maximum atomic E-state index is 13.3. The molecule has 168 valence electrons. The summed E-state index contributed by atoms with van der Waals surface area (Å²) < 4.78 is 10.9. The molecule has 1 atom stereocenters. The largest absolute Gasteiger partial charge is 0.497 e. The number of carbonyl (C=O) groups excluding carboxylic acids is 1. The lowest BCUT2D eigenvalue weighted by Gasteiger charge is -2.19. The van der Waals surface area contributed by atoms with Gasteiger partial charge in [-0.2, -0.15) is 5.10 Å². The van der Waals surface area contributed by atoms with Gasteiger partial charge < -0.3 is 9.15 Å². The van der Waals surface area contributed by atoms with E-state index in [1.165, 1.54) is 22.2 Å². The second-order valence-corrected chi connectivity index (χ2v) is 9.85. The maximum absolute atomic E-state index is 13.3. The van der Waals surface area contributed by atoms with Gasteiger partial charge >= 0.3 is 0 Å². The van der Waals surface area contributed by atoms with Gasteiger partial charge in [0, 0.05) is 16.7 Å². The highest BCUT2D eigenvalue weighted by Gasteiger charge is 2.35. The number of furan rings is 1. The molecular formula is C24H22N4O3S2. The molecule has 4 heterocycles. The number of thioether (sulfide) groups is 1. The van der Waals surface area contributed by atoms with Crippen LogP contribution in [0.2, 0.25) is 0 Å². The molecule has 0 radical (unpaired) electrons. The standard InChI is InChI=1S/C24H22N4O3S2/c1-14-15(2)33-24-22(14)23(25-13-26-24)32-12-21(29)28-19(20-5-4-10-31-20)11-18(27-28)16-6-8-17(30-3)9-7-16/h4-10,13,19H,11-12H2,1-3H3. The zero-order chi connectivity index (χ0) is 22.9. The minimum Gasteiger partial charge on any atom is -0.497 e. The van der Waals surface area contributed by atoms with Crippen LogP contribution in [0.25, 0.3) is 10.2 Å². The molecule has 1 aromatic carbocycles. The van der Waals surface area contributed by atoms with Crippen LogP contribution in [0.1, 0.15) is 34.2 Å². The van der Waals surface area contributed by atoms with Gasteiger partial charge in [-0.25, -0.2) is 15.0 Å². The van der Waals surface area contributed by atoms with Crippen molar-refractivity contribution in [1.82, 2.24) is 15.0 Å². The van der Waals surface area contributed by atoms with Crippen LogP contribution in [0, 0.1) is 13.8 Å². The van der Waals surface area contributed by atoms with Crippen molar-refractivity contribution in [2.24, 2.45) is 5.10 Å². The van der Waals surface area contributed by atoms with Crippen molar-refractivity contribution >= 4 is 44.9 Å². The number of hydrogen-bond acceptors (Lipinski definition) is 8. The molecule has 0 aliphatic carbocycles. The van der Waals surface area contributed by atoms with E-state index in [4.69, 9.17) is 14.3 Å². The molecule has 1 amide bonds. The van der Waals surface area contributed by atoms with Crippen LogP contribution < -0.4 is 4.74 Å². The normalized spacial score (nSPS) is 15.8. The molecule has 9 heteroatoms. The molecule has 1 unspecified atom stereocenters. The summed E-state index contributed by atoms with van der Waals surface area (Å²) in [5.74, 6) is 1.62. The minimum atomic E-state index is -0.277. The Morgan fingerprint density at radius 2 is 2.06 bits per heavy atom. The van der Waals surface area contributed by atoms with E-state index in [0.29, 0.717) is 12.2 Å². The van der Waals surface area contributed by atoms with E-state index in [1.807, 2.05) is 36.4 Å². The van der Waals surface area contributed by atoms with Crippen molar-refractivity contribution in [3.05, 3.63) is 70.8 Å². The maximum Gasteiger partial charge on any atom is 0.253 e. The SMILES string of the molecule is COc1ccc(C2=NN(C(=O)CSc3ncnc4sc(C)c(C)c34)C(c3ccco3)C2)cc1. The van der Waals surface area contributed by atoms with Crippen LogP contribution in [-0.4, -0.2) is 39.5 Å². The van der Waals surface area contributed by atoms with E-state index in [0.717, 1.165) is 32.3 Å². The van der Waals surface area contributed by atoms with E-state index < -0.39 is 0 Å². The highest BCUT2D eigenvalue weighted by molar-refractivity contribution is 8.00. The number of hydrogen-bond donors (Lipinski definition) is 0. The zero-order valence-electron chi connectivity index (χ0n) is 18.4. The third-order valence-corrected chi connectivity index (χ3v) is 7.81. The Balaban J connectivity index is 1.40. The number of fused-ring (bicyclic) bond motifs is 1. The summed E-state index contributed by atoms with van der Waals surface area (Å²) in [6.07, 6.45) is 3.76. The van der Waals surface area contributed by atoms with Gasteiger partial charge in [0.1, 0.15) is 33.7 Å². The Morgan fingerprint density at radius 1 is 1.24 bits per heavy atom. The van der Waals surface area contributed by atoms with Gasteiger partial charge in [0.2, 0.25) is 0 Å². The smallest absolute Gasteiger partial charge is 0.253 e. The molecular weight excluding hydrogens is 456 g/mol. The van der Waals surface area contributed by atoms with E-state index in [9.17, 15) is 4.79 Å². The molecule has 0 spiro atoms. The van der Waals surface area contributed by atoms with Crippen molar-refractivity contribution in [2.75, 3.05) is 12.9 Å². The molecule has 1 aliphatic rings. The number of aromatic nitrogens is 2. The van der Waals surface area contributed by atoms with Gasteiger partial charge in [-0.05, 0) is 61.4 Å². The third-order valence-electron chi connectivity index (χ3n) is 5.72. The molecule has 33 heavy (non-hydrogen) atoms. The van der Waals surface area contributed by atoms with Gasteiger partial charge in [-0.3, -0.25) is 4.79 Å². The number of carbonyl (C=O) groups is 1. The first kappa shape index (κ1) is 21.7. The second-order valence-electron chi connectivity index (χ2n) is 7.68. The van der Waals surface area contributed by atoms with Crippen molar-refractivity contribution in [3.8, 4) is 5.75 Å². The van der Waals surface area contributed by atoms with Crippen molar-refractivity contribution < 1.29 is 13.9 Å². The number of methoxy groups -OCH3 is 1. The van der Waals surface area contributed by atoms with Crippen molar-refractivity contribution in [2.45, 2.75) is 31.3 Å². The topological polar surface area (TPSA) is 80.8 Å². The molecule has 5 rings (SSSR count). The summed E-state index contributed by atoms with van der Waals surface area (Å²) in [7, 11) is 1.64. The lowest BCUT2D eigenvalue weighted by molar-refractivity contribution is -0.130. The van der Waals surface area contributed by atoms with Gasteiger partial charge in [0.25, 0.3) is 5.91 Å². The van der Waals surface area contributed by atoms with Gasteiger partial charge in [0.15, 0.2) is 0 Å². The lowest BCUT2D eigenvalue weighted by atomic mass is 10.0. The predicted molar refractivity (Wildman–Crippen MR) is 130 cm³/mol. The van der Waals surface area contributed by atoms with Crippen LogP contribution in [0.3, 0.4) is 0 Å². The Labute approximate surface area is 199 Å². The zero-order valence-corrected chi connectivity index (χ0v) is 20.1. The Hall–Kier alpha value is -3.17. The van der Waals surface area contributed by atoms with E-state index in [-0.39, 0.29) is 17.7 Å². The first-order valence-electron chi connectivity index (χ1n) is 10.5. The third kappa shape index (κ3) is 4.14. The number of amides is 1. The fourth-order valence-electron chi connectivity index (χ4n) is 3.86. The average molecular weight is 479 g/mol. The highest BCUT2D eigenvalue weighted by Crippen LogP contribution is 2.37. The molecule has 4 aromatic rings. The van der Waals surface area contributed by atoms with Crippen LogP contribution in [-0.2, 0) is 4.79 Å². The van der Waals surface area contributed by atoms with Gasteiger partial charge in [0.05, 0.1) is 24.8 Å². The molecule has 0 saturated carbocycles. The van der Waals surface area contributed by atoms with Crippen molar-refractivity contribution in [1.29, 1.82) is 0 Å². The molecule has 3 aromatic heterocycles. The first-order chi connectivity index (χ1) is 16.0. The monoisotopic (exact) mass is 478 g/mol. The fourth-order valence-corrected chi connectivity index (χ4v) is 5.83. The number of thiophene rings is 1. The molecule has 0 saturated heterocycles. The molecule has 0 N–H and O–H groups in total. The molecule has 1 aliphatic heterocycles. The number of hydrazone groups is 1. The summed E-state index contributed by atoms with van der Waals surface area (Å²) in [4.78, 5) is 24.3. The van der Waals surface area contributed by atoms with Crippen LogP contribution >= 0.6 is 23.1 Å². The van der Waals surface area contributed by atoms with Crippen LogP contribution in [0.5, 0.6) is 5.75 Å². The Kier molecular flexibility index (Phi) is 5.90. The molecule has 7 nitrogen and oxygen atoms in total. The number of ether oxygens (including phenoxy) is 1. The van der Waals surface area contributed by atoms with E-state index in [1.54, 1.807) is 36.0 Å². The Morgan fingerprint density at radius 3 is 2.79 bits per heavy atom. The van der Waals surface area contributed by atoms with Gasteiger partial charge in [-0.15, -0.1) is 11.3 Å². The van der Waals surface area contributed by atoms with Crippen molar-refractivity contribution in [3.63, 3.8) is 0 Å². The first-order valence-corrected chi connectivity index (χ1v) is 12.3. The highest BCUT2D eigenvalue weighted by atomic mass is 32.2. The quantitative estimate of drug-likeness (QED) is 0.273. The molecule has 0 fully saturated rings. The summed E-state index contributed by atoms with van der Waals surface area (Å²) in [5, 5.41) is 8.11. The van der Waals surface area contributed by atoms with E-state index >= 15 is 0 Å². The number of aryl methyl sites for hydroxylation is 2. The fraction of sp³-hybridized carbons (Fsp3) is 0.250. The van der Waals surface area contributed by atoms with E-state index in [2.05, 4.69) is 23.8 Å². The van der Waals surface area contributed by atoms with Crippen LogP contribution in [0.4, 0.5) is 0 Å².